The second kappa shape index (κ2) is 14.0. The van der Waals surface area contributed by atoms with Gasteiger partial charge in [0.15, 0.2) is 5.96 Å². The molecule has 1 heterocycles. The predicted octanol–water partition coefficient (Wildman–Crippen LogP) is 2.12. The van der Waals surface area contributed by atoms with E-state index in [-0.39, 0.29) is 24.0 Å². The van der Waals surface area contributed by atoms with E-state index < -0.39 is 0 Å². The van der Waals surface area contributed by atoms with E-state index in [0.29, 0.717) is 12.5 Å². The van der Waals surface area contributed by atoms with E-state index in [2.05, 4.69) is 39.4 Å². The van der Waals surface area contributed by atoms with Gasteiger partial charge in [-0.25, -0.2) is 0 Å². The Hall–Kier alpha value is -1.06. The van der Waals surface area contributed by atoms with Gasteiger partial charge in [0.25, 0.3) is 0 Å². The van der Waals surface area contributed by atoms with Gasteiger partial charge in [0.05, 0.1) is 6.61 Å². The molecule has 0 radical (unpaired) electrons. The van der Waals surface area contributed by atoms with Crippen LogP contribution in [0.25, 0.3) is 0 Å². The normalized spacial score (nSPS) is 17.1. The number of para-hydroxylation sites is 1. The van der Waals surface area contributed by atoms with Crippen molar-refractivity contribution in [3.05, 3.63) is 30.3 Å². The first-order valence-electron chi connectivity index (χ1n) is 9.70. The van der Waals surface area contributed by atoms with Crippen molar-refractivity contribution >= 4 is 29.9 Å². The van der Waals surface area contributed by atoms with Crippen LogP contribution in [0.5, 0.6) is 5.75 Å². The summed E-state index contributed by atoms with van der Waals surface area (Å²) in [4.78, 5) is 9.26. The number of hydrogen-bond acceptors (Lipinski definition) is 4. The smallest absolute Gasteiger partial charge is 0.190 e. The molecule has 1 atom stereocenters. The standard InChI is InChI=1S/C20H35N5O.HI/c1-18(17-25-13-11-24(3)12-14-25)16-23-20(21-2)22-10-7-15-26-19-8-5-4-6-9-19;/h4-6,8-9,18H,7,10-17H2,1-3H3,(H2,21,22,23);1H. The Morgan fingerprint density at radius 2 is 1.85 bits per heavy atom. The summed E-state index contributed by atoms with van der Waals surface area (Å²) in [5.41, 5.74) is 0. The number of ether oxygens (including phenoxy) is 1. The van der Waals surface area contributed by atoms with Gasteiger partial charge < -0.3 is 25.2 Å². The van der Waals surface area contributed by atoms with Crippen molar-refractivity contribution in [2.45, 2.75) is 13.3 Å². The van der Waals surface area contributed by atoms with Crippen LogP contribution >= 0.6 is 24.0 Å². The zero-order chi connectivity index (χ0) is 18.6. The molecule has 2 N–H and O–H groups in total. The highest BCUT2D eigenvalue weighted by Crippen LogP contribution is 2.08. The van der Waals surface area contributed by atoms with Crippen LogP contribution in [0.2, 0.25) is 0 Å². The summed E-state index contributed by atoms with van der Waals surface area (Å²) in [6.07, 6.45) is 0.937. The van der Waals surface area contributed by atoms with Crippen LogP contribution in [-0.2, 0) is 0 Å². The molecular weight excluding hydrogens is 453 g/mol. The minimum Gasteiger partial charge on any atom is -0.494 e. The number of nitrogens with one attached hydrogen (secondary N) is 2. The summed E-state index contributed by atoms with van der Waals surface area (Å²) in [5.74, 6) is 2.39. The monoisotopic (exact) mass is 489 g/mol. The third kappa shape index (κ3) is 10.2. The van der Waals surface area contributed by atoms with E-state index in [0.717, 1.165) is 37.8 Å². The van der Waals surface area contributed by atoms with Gasteiger partial charge in [-0.3, -0.25) is 4.99 Å². The second-order valence-corrected chi connectivity index (χ2v) is 7.10. The summed E-state index contributed by atoms with van der Waals surface area (Å²) in [5, 5.41) is 6.80. The first kappa shape index (κ1) is 24.0. The van der Waals surface area contributed by atoms with Gasteiger partial charge in [-0.15, -0.1) is 24.0 Å². The first-order valence-corrected chi connectivity index (χ1v) is 9.70. The van der Waals surface area contributed by atoms with Gasteiger partial charge in [0.1, 0.15) is 5.75 Å². The fraction of sp³-hybridized carbons (Fsp3) is 0.650. The lowest BCUT2D eigenvalue weighted by Crippen LogP contribution is -2.47. The van der Waals surface area contributed by atoms with Crippen molar-refractivity contribution in [1.82, 2.24) is 20.4 Å². The number of rotatable bonds is 9. The van der Waals surface area contributed by atoms with Gasteiger partial charge in [-0.05, 0) is 31.5 Å². The van der Waals surface area contributed by atoms with Gasteiger partial charge in [0.2, 0.25) is 0 Å². The SMILES string of the molecule is CN=C(NCCCOc1ccccc1)NCC(C)CN1CCN(C)CC1.I. The molecule has 6 nitrogen and oxygen atoms in total. The Labute approximate surface area is 181 Å². The molecule has 1 unspecified atom stereocenters. The molecule has 0 bridgehead atoms. The van der Waals surface area contributed by atoms with Crippen LogP contribution in [0.1, 0.15) is 13.3 Å². The number of hydrogen-bond donors (Lipinski definition) is 2. The van der Waals surface area contributed by atoms with Crippen LogP contribution in [0.4, 0.5) is 0 Å². The molecule has 2 rings (SSSR count). The molecule has 0 amide bonds. The Kier molecular flexibility index (Phi) is 12.4. The van der Waals surface area contributed by atoms with Crippen molar-refractivity contribution in [3.8, 4) is 5.75 Å². The molecule has 27 heavy (non-hydrogen) atoms. The Morgan fingerprint density at radius 1 is 1.15 bits per heavy atom. The highest BCUT2D eigenvalue weighted by atomic mass is 127. The molecule has 154 valence electrons. The number of guanidine groups is 1. The minimum absolute atomic E-state index is 0. The summed E-state index contributed by atoms with van der Waals surface area (Å²) in [7, 11) is 4.02. The molecule has 0 spiro atoms. The van der Waals surface area contributed by atoms with Crippen LogP contribution < -0.4 is 15.4 Å². The molecule has 1 fully saturated rings. The van der Waals surface area contributed by atoms with E-state index in [1.807, 2.05) is 37.4 Å². The van der Waals surface area contributed by atoms with E-state index in [4.69, 9.17) is 4.74 Å². The van der Waals surface area contributed by atoms with Crippen LogP contribution in [0.3, 0.4) is 0 Å². The van der Waals surface area contributed by atoms with Gasteiger partial charge in [-0.1, -0.05) is 25.1 Å². The number of aliphatic imine (C=N–C) groups is 1. The van der Waals surface area contributed by atoms with Crippen LogP contribution in [-0.4, -0.2) is 82.3 Å². The van der Waals surface area contributed by atoms with E-state index in [1.54, 1.807) is 0 Å². The fourth-order valence-corrected chi connectivity index (χ4v) is 3.01. The fourth-order valence-electron chi connectivity index (χ4n) is 3.01. The maximum Gasteiger partial charge on any atom is 0.190 e. The number of piperazine rings is 1. The largest absolute Gasteiger partial charge is 0.494 e. The zero-order valence-corrected chi connectivity index (χ0v) is 19.3. The van der Waals surface area contributed by atoms with Gasteiger partial charge >= 0.3 is 0 Å². The van der Waals surface area contributed by atoms with Crippen molar-refractivity contribution in [2.75, 3.05) is 66.5 Å². The quantitative estimate of drug-likeness (QED) is 0.241. The Balaban J connectivity index is 0.00000364. The van der Waals surface area contributed by atoms with Crippen LogP contribution in [0, 0.1) is 5.92 Å². The summed E-state index contributed by atoms with van der Waals surface area (Å²) in [6.45, 7) is 10.6. The highest BCUT2D eigenvalue weighted by molar-refractivity contribution is 14.0. The van der Waals surface area contributed by atoms with Crippen molar-refractivity contribution in [1.29, 1.82) is 0 Å². The number of nitrogens with zero attached hydrogens (tertiary/aromatic N) is 3. The Morgan fingerprint density at radius 3 is 2.52 bits per heavy atom. The van der Waals surface area contributed by atoms with Crippen LogP contribution in [0.15, 0.2) is 35.3 Å². The Bertz CT molecular complexity index is 520. The molecule has 0 saturated carbocycles. The second-order valence-electron chi connectivity index (χ2n) is 7.10. The zero-order valence-electron chi connectivity index (χ0n) is 17.0. The molecule has 0 aliphatic carbocycles. The van der Waals surface area contributed by atoms with Gasteiger partial charge in [-0.2, -0.15) is 0 Å². The molecule has 1 aliphatic heterocycles. The topological polar surface area (TPSA) is 52.1 Å². The van der Waals surface area contributed by atoms with Crippen molar-refractivity contribution < 1.29 is 4.74 Å². The molecular formula is C20H36IN5O. The summed E-state index contributed by atoms with van der Waals surface area (Å²) in [6, 6.07) is 9.94. The lowest BCUT2D eigenvalue weighted by atomic mass is 10.1. The summed E-state index contributed by atoms with van der Waals surface area (Å²) < 4.78 is 5.70. The molecule has 1 aromatic carbocycles. The van der Waals surface area contributed by atoms with E-state index in [1.165, 1.54) is 26.2 Å². The number of likely N-dealkylation sites (N-methyl/N-ethyl adjacent to an activating group) is 1. The van der Waals surface area contributed by atoms with Crippen molar-refractivity contribution in [2.24, 2.45) is 10.9 Å². The third-order valence-corrected chi connectivity index (χ3v) is 4.63. The highest BCUT2D eigenvalue weighted by Gasteiger charge is 2.16. The maximum atomic E-state index is 5.70. The van der Waals surface area contributed by atoms with Gasteiger partial charge in [0, 0.05) is 52.9 Å². The molecule has 1 aromatic rings. The average Bonchev–Trinajstić information content (AvgIpc) is 2.66. The predicted molar refractivity (Wildman–Crippen MR) is 124 cm³/mol. The molecule has 1 aliphatic rings. The third-order valence-electron chi connectivity index (χ3n) is 4.63. The lowest BCUT2D eigenvalue weighted by molar-refractivity contribution is 0.139. The number of halogens is 1. The van der Waals surface area contributed by atoms with Crippen molar-refractivity contribution in [3.63, 3.8) is 0 Å². The van der Waals surface area contributed by atoms with E-state index in [9.17, 15) is 0 Å². The molecule has 7 heteroatoms. The first-order chi connectivity index (χ1) is 12.7. The lowest BCUT2D eigenvalue weighted by Gasteiger charge is -2.34. The minimum atomic E-state index is 0. The summed E-state index contributed by atoms with van der Waals surface area (Å²) >= 11 is 0. The molecule has 0 aromatic heterocycles. The van der Waals surface area contributed by atoms with E-state index >= 15 is 0 Å². The maximum absolute atomic E-state index is 5.70. The number of benzene rings is 1. The molecule has 1 saturated heterocycles. The average molecular weight is 489 g/mol.